The van der Waals surface area contributed by atoms with Gasteiger partial charge in [-0.15, -0.1) is 0 Å². The Bertz CT molecular complexity index is 903. The predicted octanol–water partition coefficient (Wildman–Crippen LogP) is 7.83. The molecule has 0 aliphatic heterocycles. The topological polar surface area (TPSA) is 0 Å². The van der Waals surface area contributed by atoms with Crippen LogP contribution in [-0.2, 0) is 5.41 Å². The normalized spacial score (nSPS) is 13.2. The SMILES string of the molecule is Fc1cc(C(c2cc(F)c(F)c(F)c2F)(C(Cl)(Cl)Cl)C(Cl)(Cl)Cl)c(F)c(F)c1F. The number of alkyl halides is 6. The molecule has 0 atom stereocenters. The molecule has 160 valence electrons. The fourth-order valence-corrected chi connectivity index (χ4v) is 5.12. The Hall–Kier alpha value is -0.380. The standard InChI is InChI=1S/C15H2Cl6F8/c16-14(17,18)13(15(19,20)21,3-1-5(22)9(26)11(28)7(3)24)4-2-6(23)10(27)12(29)8(4)25/h1-2H. The van der Waals surface area contributed by atoms with Gasteiger partial charge in [0, 0.05) is 11.1 Å². The van der Waals surface area contributed by atoms with Crippen LogP contribution < -0.4 is 0 Å². The molecule has 0 N–H and O–H groups in total. The van der Waals surface area contributed by atoms with Crippen LogP contribution in [0, 0.1) is 46.5 Å². The smallest absolute Gasteiger partial charge is 0.204 e. The summed E-state index contributed by atoms with van der Waals surface area (Å²) in [5, 5.41) is 0. The largest absolute Gasteiger partial charge is 0.208 e. The van der Waals surface area contributed by atoms with E-state index in [1.807, 2.05) is 0 Å². The van der Waals surface area contributed by atoms with Crippen molar-refractivity contribution in [3.63, 3.8) is 0 Å². The number of rotatable bonds is 2. The van der Waals surface area contributed by atoms with E-state index in [4.69, 9.17) is 69.6 Å². The van der Waals surface area contributed by atoms with Crippen LogP contribution in [0.4, 0.5) is 35.1 Å². The molecular formula is C15H2Cl6F8. The molecule has 0 spiro atoms. The summed E-state index contributed by atoms with van der Waals surface area (Å²) in [5.74, 6) is -18.6. The van der Waals surface area contributed by atoms with Crippen LogP contribution in [-0.4, -0.2) is 7.59 Å². The summed E-state index contributed by atoms with van der Waals surface area (Å²) in [6.45, 7) is 0. The zero-order valence-electron chi connectivity index (χ0n) is 12.9. The van der Waals surface area contributed by atoms with Crippen molar-refractivity contribution >= 4 is 69.6 Å². The zero-order chi connectivity index (χ0) is 22.7. The highest BCUT2D eigenvalue weighted by Crippen LogP contribution is 2.63. The third-order valence-electron chi connectivity index (χ3n) is 3.86. The molecule has 29 heavy (non-hydrogen) atoms. The van der Waals surface area contributed by atoms with Crippen LogP contribution in [0.1, 0.15) is 11.1 Å². The van der Waals surface area contributed by atoms with Gasteiger partial charge in [-0.1, -0.05) is 69.6 Å². The molecule has 0 fully saturated rings. The lowest BCUT2D eigenvalue weighted by molar-refractivity contribution is 0.367. The van der Waals surface area contributed by atoms with E-state index in [1.54, 1.807) is 0 Å². The molecule has 0 nitrogen and oxygen atoms in total. The van der Waals surface area contributed by atoms with Gasteiger partial charge in [-0.3, -0.25) is 0 Å². The lowest BCUT2D eigenvalue weighted by Gasteiger charge is -2.45. The Morgan fingerprint density at radius 1 is 0.448 bits per heavy atom. The van der Waals surface area contributed by atoms with Crippen LogP contribution in [0.25, 0.3) is 0 Å². The molecule has 0 aromatic heterocycles. The Kier molecular flexibility index (Phi) is 6.82. The predicted molar refractivity (Wildman–Crippen MR) is 93.9 cm³/mol. The van der Waals surface area contributed by atoms with Crippen LogP contribution in [0.2, 0.25) is 0 Å². The molecule has 0 unspecified atom stereocenters. The molecule has 0 amide bonds. The Morgan fingerprint density at radius 3 is 0.966 bits per heavy atom. The van der Waals surface area contributed by atoms with E-state index in [-0.39, 0.29) is 12.1 Å². The van der Waals surface area contributed by atoms with E-state index >= 15 is 0 Å². The fraction of sp³-hybridized carbons (Fsp3) is 0.200. The zero-order valence-corrected chi connectivity index (χ0v) is 17.5. The summed E-state index contributed by atoms with van der Waals surface area (Å²) in [4.78, 5) is 0. The van der Waals surface area contributed by atoms with Crippen LogP contribution in [0.5, 0.6) is 0 Å². The third-order valence-corrected chi connectivity index (χ3v) is 5.56. The molecule has 0 heterocycles. The van der Waals surface area contributed by atoms with Crippen molar-refractivity contribution in [2.45, 2.75) is 13.0 Å². The number of hydrogen-bond donors (Lipinski definition) is 0. The molecule has 0 bridgehead atoms. The lowest BCUT2D eigenvalue weighted by atomic mass is 9.75. The molecule has 0 aliphatic rings. The summed E-state index contributed by atoms with van der Waals surface area (Å²) in [7, 11) is 0. The molecule has 0 radical (unpaired) electrons. The number of hydrogen-bond acceptors (Lipinski definition) is 0. The second-order valence-corrected chi connectivity index (χ2v) is 10.0. The van der Waals surface area contributed by atoms with E-state index < -0.39 is 70.7 Å². The van der Waals surface area contributed by atoms with E-state index in [0.717, 1.165) is 0 Å². The summed E-state index contributed by atoms with van der Waals surface area (Å²) in [5.41, 5.74) is -6.84. The monoisotopic (exact) mass is 544 g/mol. The maximum absolute atomic E-state index is 14.6. The van der Waals surface area contributed by atoms with E-state index in [2.05, 4.69) is 0 Å². The van der Waals surface area contributed by atoms with Crippen molar-refractivity contribution in [3.05, 3.63) is 69.8 Å². The second kappa shape index (κ2) is 7.95. The number of benzene rings is 2. The van der Waals surface area contributed by atoms with E-state index in [1.165, 1.54) is 0 Å². The molecular weight excluding hydrogens is 545 g/mol. The van der Waals surface area contributed by atoms with Gasteiger partial charge in [-0.2, -0.15) is 0 Å². The van der Waals surface area contributed by atoms with Gasteiger partial charge in [0.25, 0.3) is 0 Å². The maximum atomic E-state index is 14.6. The first-order chi connectivity index (χ1) is 13.0. The summed E-state index contributed by atoms with van der Waals surface area (Å²) >= 11 is 34.3. The fourth-order valence-electron chi connectivity index (χ4n) is 2.61. The molecule has 2 aromatic rings. The Balaban J connectivity index is 3.23. The third kappa shape index (κ3) is 3.74. The first-order valence-electron chi connectivity index (χ1n) is 6.80. The summed E-state index contributed by atoms with van der Waals surface area (Å²) < 4.78 is 105. The van der Waals surface area contributed by atoms with Gasteiger partial charge in [0.1, 0.15) is 5.41 Å². The minimum Gasteiger partial charge on any atom is -0.204 e. The average Bonchev–Trinajstić information content (AvgIpc) is 2.58. The van der Waals surface area contributed by atoms with Crippen molar-refractivity contribution in [2.24, 2.45) is 0 Å². The van der Waals surface area contributed by atoms with Gasteiger partial charge < -0.3 is 0 Å². The van der Waals surface area contributed by atoms with Crippen molar-refractivity contribution < 1.29 is 35.1 Å². The molecule has 0 saturated carbocycles. The molecule has 0 aliphatic carbocycles. The number of halogens is 14. The summed E-state index contributed by atoms with van der Waals surface area (Å²) in [6.07, 6.45) is 0. The maximum Gasteiger partial charge on any atom is 0.208 e. The highest BCUT2D eigenvalue weighted by atomic mass is 35.6. The van der Waals surface area contributed by atoms with Crippen molar-refractivity contribution in [3.8, 4) is 0 Å². The summed E-state index contributed by atoms with van der Waals surface area (Å²) in [6, 6.07) is -0.341. The Labute approximate surface area is 187 Å². The van der Waals surface area contributed by atoms with Crippen molar-refractivity contribution in [1.29, 1.82) is 0 Å². The van der Waals surface area contributed by atoms with Gasteiger partial charge in [0.05, 0.1) is 0 Å². The van der Waals surface area contributed by atoms with Gasteiger partial charge >= 0.3 is 0 Å². The molecule has 2 rings (SSSR count). The van der Waals surface area contributed by atoms with E-state index in [9.17, 15) is 35.1 Å². The molecule has 14 heteroatoms. The highest BCUT2D eigenvalue weighted by molar-refractivity contribution is 6.74. The van der Waals surface area contributed by atoms with Gasteiger partial charge in [0.2, 0.25) is 7.59 Å². The van der Waals surface area contributed by atoms with Crippen molar-refractivity contribution in [2.75, 3.05) is 0 Å². The van der Waals surface area contributed by atoms with Gasteiger partial charge in [-0.25, -0.2) is 35.1 Å². The van der Waals surface area contributed by atoms with Gasteiger partial charge in [0.15, 0.2) is 46.5 Å². The first kappa shape index (κ1) is 24.9. The minimum absolute atomic E-state index is 0.171. The van der Waals surface area contributed by atoms with E-state index in [0.29, 0.717) is 0 Å². The Morgan fingerprint density at radius 2 is 0.724 bits per heavy atom. The van der Waals surface area contributed by atoms with Gasteiger partial charge in [-0.05, 0) is 12.1 Å². The highest BCUT2D eigenvalue weighted by Gasteiger charge is 2.66. The average molecular weight is 547 g/mol. The molecule has 0 saturated heterocycles. The van der Waals surface area contributed by atoms with Crippen LogP contribution in [0.3, 0.4) is 0 Å². The molecule has 2 aromatic carbocycles. The van der Waals surface area contributed by atoms with Crippen LogP contribution >= 0.6 is 69.6 Å². The van der Waals surface area contributed by atoms with Crippen LogP contribution in [0.15, 0.2) is 12.1 Å². The second-order valence-electron chi connectivity index (χ2n) is 5.44. The quantitative estimate of drug-likeness (QED) is 0.156. The minimum atomic E-state index is -3.56. The lowest BCUT2D eigenvalue weighted by Crippen LogP contribution is -2.53. The van der Waals surface area contributed by atoms with Crippen molar-refractivity contribution in [1.82, 2.24) is 0 Å². The first-order valence-corrected chi connectivity index (χ1v) is 9.07.